The number of likely N-dealkylation sites (tertiary alicyclic amines) is 1. The van der Waals surface area contributed by atoms with Crippen LogP contribution in [0, 0.1) is 11.3 Å². The van der Waals surface area contributed by atoms with Gasteiger partial charge in [-0.05, 0) is 17.8 Å². The molecule has 0 spiro atoms. The molecule has 1 aliphatic heterocycles. The highest BCUT2D eigenvalue weighted by Gasteiger charge is 2.32. The first kappa shape index (κ1) is 12.5. The number of methoxy groups -OCH3 is 1. The van der Waals surface area contributed by atoms with Gasteiger partial charge in [-0.2, -0.15) is 0 Å². The van der Waals surface area contributed by atoms with Crippen LogP contribution in [0.4, 0.5) is 0 Å². The summed E-state index contributed by atoms with van der Waals surface area (Å²) in [4.78, 5) is 13.6. The third-order valence-corrected chi connectivity index (χ3v) is 3.29. The van der Waals surface area contributed by atoms with Gasteiger partial charge in [0.1, 0.15) is 0 Å². The zero-order chi connectivity index (χ0) is 11.5. The van der Waals surface area contributed by atoms with Gasteiger partial charge < -0.3 is 9.64 Å². The first-order valence-corrected chi connectivity index (χ1v) is 5.72. The van der Waals surface area contributed by atoms with Crippen LogP contribution in [0.2, 0.25) is 0 Å². The van der Waals surface area contributed by atoms with Gasteiger partial charge in [0, 0.05) is 26.6 Å². The van der Waals surface area contributed by atoms with Crippen LogP contribution in [0.5, 0.6) is 0 Å². The van der Waals surface area contributed by atoms with Crippen LogP contribution in [0.25, 0.3) is 0 Å². The van der Waals surface area contributed by atoms with Gasteiger partial charge in [-0.25, -0.2) is 0 Å². The number of carbonyl (C=O) groups excluding carboxylic acids is 1. The average molecular weight is 213 g/mol. The molecular weight excluding hydrogens is 190 g/mol. The lowest BCUT2D eigenvalue weighted by Gasteiger charge is -2.39. The van der Waals surface area contributed by atoms with Crippen LogP contribution in [-0.4, -0.2) is 37.6 Å². The first-order valence-electron chi connectivity index (χ1n) is 5.72. The molecule has 15 heavy (non-hydrogen) atoms. The van der Waals surface area contributed by atoms with Gasteiger partial charge in [-0.3, -0.25) is 4.79 Å². The van der Waals surface area contributed by atoms with Crippen LogP contribution in [0.1, 0.15) is 33.6 Å². The molecule has 88 valence electrons. The van der Waals surface area contributed by atoms with E-state index in [0.29, 0.717) is 24.4 Å². The number of ether oxygens (including phenoxy) is 1. The van der Waals surface area contributed by atoms with Crippen LogP contribution >= 0.6 is 0 Å². The summed E-state index contributed by atoms with van der Waals surface area (Å²) in [6.07, 6.45) is 1.73. The van der Waals surface area contributed by atoms with Gasteiger partial charge in [0.25, 0.3) is 0 Å². The second-order valence-corrected chi connectivity index (χ2v) is 5.43. The van der Waals surface area contributed by atoms with E-state index in [9.17, 15) is 4.79 Å². The molecule has 1 atom stereocenters. The third-order valence-electron chi connectivity index (χ3n) is 3.29. The standard InChI is InChI=1S/C12H23NO2/c1-12(2,3)10-5-6-11(14)13(9-10)7-8-15-4/h10H,5-9H2,1-4H3. The Morgan fingerprint density at radius 3 is 2.67 bits per heavy atom. The molecule has 0 saturated carbocycles. The molecule has 0 aromatic rings. The highest BCUT2D eigenvalue weighted by atomic mass is 16.5. The number of rotatable bonds is 3. The summed E-state index contributed by atoms with van der Waals surface area (Å²) in [6.45, 7) is 9.03. The lowest BCUT2D eigenvalue weighted by molar-refractivity contribution is -0.136. The van der Waals surface area contributed by atoms with E-state index in [1.807, 2.05) is 4.90 Å². The molecule has 1 unspecified atom stereocenters. The zero-order valence-corrected chi connectivity index (χ0v) is 10.4. The Labute approximate surface area is 92.8 Å². The molecule has 1 heterocycles. The predicted molar refractivity (Wildman–Crippen MR) is 60.6 cm³/mol. The Morgan fingerprint density at radius 2 is 2.13 bits per heavy atom. The lowest BCUT2D eigenvalue weighted by Crippen LogP contribution is -2.45. The number of piperidine rings is 1. The van der Waals surface area contributed by atoms with E-state index in [2.05, 4.69) is 20.8 Å². The highest BCUT2D eigenvalue weighted by Crippen LogP contribution is 2.33. The van der Waals surface area contributed by atoms with Gasteiger partial charge in [-0.1, -0.05) is 20.8 Å². The normalized spacial score (nSPS) is 23.3. The SMILES string of the molecule is COCCN1CC(C(C)(C)C)CCC1=O. The molecule has 1 fully saturated rings. The number of nitrogens with zero attached hydrogens (tertiary/aromatic N) is 1. The second-order valence-electron chi connectivity index (χ2n) is 5.43. The van der Waals surface area contributed by atoms with Gasteiger partial charge in [0.05, 0.1) is 6.61 Å². The molecule has 3 heteroatoms. The van der Waals surface area contributed by atoms with Crippen molar-refractivity contribution in [1.82, 2.24) is 4.90 Å². The second kappa shape index (κ2) is 4.97. The molecule has 3 nitrogen and oxygen atoms in total. The molecular formula is C12H23NO2. The maximum absolute atomic E-state index is 11.6. The van der Waals surface area contributed by atoms with Gasteiger partial charge in [0.15, 0.2) is 0 Å². The zero-order valence-electron chi connectivity index (χ0n) is 10.4. The van der Waals surface area contributed by atoms with Crippen LogP contribution < -0.4 is 0 Å². The molecule has 0 aromatic heterocycles. The number of hydrogen-bond donors (Lipinski definition) is 0. The molecule has 1 aliphatic rings. The Hall–Kier alpha value is -0.570. The summed E-state index contributed by atoms with van der Waals surface area (Å²) in [5.74, 6) is 0.902. The van der Waals surface area contributed by atoms with Crippen molar-refractivity contribution in [3.05, 3.63) is 0 Å². The van der Waals surface area contributed by atoms with Crippen molar-refractivity contribution in [1.29, 1.82) is 0 Å². The number of hydrogen-bond acceptors (Lipinski definition) is 2. The fourth-order valence-corrected chi connectivity index (χ4v) is 2.04. The van der Waals surface area contributed by atoms with E-state index in [1.165, 1.54) is 0 Å². The van der Waals surface area contributed by atoms with Crippen LogP contribution in [-0.2, 0) is 9.53 Å². The van der Waals surface area contributed by atoms with E-state index in [1.54, 1.807) is 7.11 Å². The lowest BCUT2D eigenvalue weighted by atomic mass is 9.76. The number of carbonyl (C=O) groups is 1. The molecule has 1 saturated heterocycles. The summed E-state index contributed by atoms with van der Waals surface area (Å²) in [5, 5.41) is 0. The fourth-order valence-electron chi connectivity index (χ4n) is 2.04. The van der Waals surface area contributed by atoms with Crippen molar-refractivity contribution in [2.45, 2.75) is 33.6 Å². The summed E-state index contributed by atoms with van der Waals surface area (Å²) in [6, 6.07) is 0. The summed E-state index contributed by atoms with van der Waals surface area (Å²) >= 11 is 0. The Kier molecular flexibility index (Phi) is 4.14. The minimum absolute atomic E-state index is 0.285. The molecule has 0 aliphatic carbocycles. The summed E-state index contributed by atoms with van der Waals surface area (Å²) < 4.78 is 5.02. The molecule has 0 bridgehead atoms. The summed E-state index contributed by atoms with van der Waals surface area (Å²) in [7, 11) is 1.68. The van der Waals surface area contributed by atoms with E-state index < -0.39 is 0 Å². The third kappa shape index (κ3) is 3.49. The van der Waals surface area contributed by atoms with Gasteiger partial charge >= 0.3 is 0 Å². The maximum atomic E-state index is 11.6. The number of amides is 1. The van der Waals surface area contributed by atoms with E-state index in [0.717, 1.165) is 19.5 Å². The summed E-state index contributed by atoms with van der Waals surface area (Å²) in [5.41, 5.74) is 0.298. The molecule has 0 aromatic carbocycles. The smallest absolute Gasteiger partial charge is 0.222 e. The van der Waals surface area contributed by atoms with E-state index in [-0.39, 0.29) is 5.91 Å². The molecule has 1 rings (SSSR count). The van der Waals surface area contributed by atoms with Crippen molar-refractivity contribution in [3.8, 4) is 0 Å². The van der Waals surface area contributed by atoms with E-state index >= 15 is 0 Å². The van der Waals surface area contributed by atoms with Crippen LogP contribution in [0.3, 0.4) is 0 Å². The van der Waals surface area contributed by atoms with Crippen molar-refractivity contribution in [2.75, 3.05) is 26.8 Å². The van der Waals surface area contributed by atoms with Crippen molar-refractivity contribution in [2.24, 2.45) is 11.3 Å². The monoisotopic (exact) mass is 213 g/mol. The quantitative estimate of drug-likeness (QED) is 0.717. The minimum Gasteiger partial charge on any atom is -0.383 e. The van der Waals surface area contributed by atoms with Crippen molar-refractivity contribution < 1.29 is 9.53 Å². The topological polar surface area (TPSA) is 29.5 Å². The highest BCUT2D eigenvalue weighted by molar-refractivity contribution is 5.76. The van der Waals surface area contributed by atoms with Gasteiger partial charge in [-0.15, -0.1) is 0 Å². The molecule has 0 radical (unpaired) electrons. The van der Waals surface area contributed by atoms with E-state index in [4.69, 9.17) is 4.74 Å². The average Bonchev–Trinajstić information content (AvgIpc) is 2.15. The first-order chi connectivity index (χ1) is 6.95. The largest absolute Gasteiger partial charge is 0.383 e. The Morgan fingerprint density at radius 1 is 1.47 bits per heavy atom. The molecule has 1 amide bonds. The van der Waals surface area contributed by atoms with Crippen LogP contribution in [0.15, 0.2) is 0 Å². The maximum Gasteiger partial charge on any atom is 0.222 e. The van der Waals surface area contributed by atoms with Crippen molar-refractivity contribution >= 4 is 5.91 Å². The Balaban J connectivity index is 2.52. The minimum atomic E-state index is 0.285. The fraction of sp³-hybridized carbons (Fsp3) is 0.917. The predicted octanol–water partition coefficient (Wildman–Crippen LogP) is 1.92. The Bertz CT molecular complexity index is 220. The molecule has 0 N–H and O–H groups in total. The van der Waals surface area contributed by atoms with Gasteiger partial charge in [0.2, 0.25) is 5.91 Å². The van der Waals surface area contributed by atoms with Crippen molar-refractivity contribution in [3.63, 3.8) is 0 Å².